The molecule has 2 atom stereocenters. The maximum absolute atomic E-state index is 11.9. The Labute approximate surface area is 148 Å². The number of hydrogen-bond donors (Lipinski definition) is 0. The Morgan fingerprint density at radius 3 is 1.40 bits per heavy atom. The molecule has 0 saturated heterocycles. The average molecular weight is 340 g/mol. The van der Waals surface area contributed by atoms with Gasteiger partial charge in [0.1, 0.15) is 12.2 Å². The summed E-state index contributed by atoms with van der Waals surface area (Å²) in [6, 6.07) is 19.1. The average Bonchev–Trinajstić information content (AvgIpc) is 2.67. The van der Waals surface area contributed by atoms with Gasteiger partial charge in [-0.05, 0) is 11.1 Å². The SMILES string of the molecule is CCC(=O)OC(CC(OC(=O)CC)c1ccccc1)c1ccccc1. The lowest BCUT2D eigenvalue weighted by Crippen LogP contribution is -2.18. The van der Waals surface area contributed by atoms with Crippen LogP contribution in [0.2, 0.25) is 0 Å². The van der Waals surface area contributed by atoms with Crippen molar-refractivity contribution in [2.75, 3.05) is 0 Å². The Balaban J connectivity index is 2.27. The lowest BCUT2D eigenvalue weighted by molar-refractivity contribution is -0.156. The van der Waals surface area contributed by atoms with E-state index in [2.05, 4.69) is 0 Å². The van der Waals surface area contributed by atoms with E-state index in [1.807, 2.05) is 60.7 Å². The van der Waals surface area contributed by atoms with Crippen LogP contribution in [0.1, 0.15) is 56.4 Å². The van der Waals surface area contributed by atoms with E-state index in [4.69, 9.17) is 9.47 Å². The molecule has 0 aliphatic carbocycles. The van der Waals surface area contributed by atoms with Crippen molar-refractivity contribution in [1.82, 2.24) is 0 Å². The first kappa shape index (κ1) is 18.7. The van der Waals surface area contributed by atoms with Crippen molar-refractivity contribution < 1.29 is 19.1 Å². The highest BCUT2D eigenvalue weighted by Gasteiger charge is 2.25. The normalized spacial score (nSPS) is 12.9. The minimum atomic E-state index is -0.469. The third-order valence-electron chi connectivity index (χ3n) is 3.90. The van der Waals surface area contributed by atoms with Crippen LogP contribution in [-0.4, -0.2) is 11.9 Å². The maximum Gasteiger partial charge on any atom is 0.306 e. The van der Waals surface area contributed by atoms with Gasteiger partial charge in [0.25, 0.3) is 0 Å². The molecule has 4 nitrogen and oxygen atoms in total. The van der Waals surface area contributed by atoms with Gasteiger partial charge in [-0.25, -0.2) is 0 Å². The second-order valence-corrected chi connectivity index (χ2v) is 5.72. The molecule has 0 heterocycles. The third-order valence-corrected chi connectivity index (χ3v) is 3.90. The molecule has 2 unspecified atom stereocenters. The van der Waals surface area contributed by atoms with E-state index in [1.54, 1.807) is 13.8 Å². The van der Waals surface area contributed by atoms with Crippen molar-refractivity contribution >= 4 is 11.9 Å². The molecule has 0 saturated carbocycles. The summed E-state index contributed by atoms with van der Waals surface area (Å²) in [6.07, 6.45) is 0.0419. The fraction of sp³-hybridized carbons (Fsp3) is 0.333. The molecular formula is C21H24O4. The number of rotatable bonds is 8. The molecule has 2 rings (SSSR count). The molecule has 0 spiro atoms. The quantitative estimate of drug-likeness (QED) is 0.650. The first-order valence-corrected chi connectivity index (χ1v) is 8.62. The molecule has 0 aliphatic rings. The van der Waals surface area contributed by atoms with Crippen LogP contribution < -0.4 is 0 Å². The highest BCUT2D eigenvalue weighted by atomic mass is 16.6. The Morgan fingerprint density at radius 2 is 1.08 bits per heavy atom. The maximum atomic E-state index is 11.9. The number of hydrogen-bond acceptors (Lipinski definition) is 4. The predicted octanol–water partition coefficient (Wildman–Crippen LogP) is 4.77. The molecule has 0 aliphatic heterocycles. The van der Waals surface area contributed by atoms with E-state index < -0.39 is 12.2 Å². The second kappa shape index (κ2) is 9.62. The fourth-order valence-corrected chi connectivity index (χ4v) is 2.52. The second-order valence-electron chi connectivity index (χ2n) is 5.72. The van der Waals surface area contributed by atoms with Crippen molar-refractivity contribution in [2.45, 2.75) is 45.3 Å². The summed E-state index contributed by atoms with van der Waals surface area (Å²) >= 11 is 0. The number of benzene rings is 2. The van der Waals surface area contributed by atoms with Crippen molar-refractivity contribution in [3.8, 4) is 0 Å². The lowest BCUT2D eigenvalue weighted by atomic mass is 9.98. The summed E-state index contributed by atoms with van der Waals surface area (Å²) in [5.74, 6) is -0.551. The Morgan fingerprint density at radius 1 is 0.720 bits per heavy atom. The molecule has 0 aromatic heterocycles. The van der Waals surface area contributed by atoms with E-state index in [1.165, 1.54) is 0 Å². The topological polar surface area (TPSA) is 52.6 Å². The van der Waals surface area contributed by atoms with Crippen LogP contribution >= 0.6 is 0 Å². The van der Waals surface area contributed by atoms with E-state index in [9.17, 15) is 9.59 Å². The van der Waals surface area contributed by atoms with Gasteiger partial charge in [0.05, 0.1) is 0 Å². The van der Waals surface area contributed by atoms with E-state index >= 15 is 0 Å². The monoisotopic (exact) mass is 340 g/mol. The first-order valence-electron chi connectivity index (χ1n) is 8.62. The van der Waals surface area contributed by atoms with Crippen molar-refractivity contribution in [3.05, 3.63) is 71.8 Å². The minimum absolute atomic E-state index is 0.275. The minimum Gasteiger partial charge on any atom is -0.457 e. The molecule has 4 heteroatoms. The van der Waals surface area contributed by atoms with Gasteiger partial charge in [-0.15, -0.1) is 0 Å². The van der Waals surface area contributed by atoms with Gasteiger partial charge in [0.2, 0.25) is 0 Å². The van der Waals surface area contributed by atoms with Crippen LogP contribution in [0.3, 0.4) is 0 Å². The molecule has 0 radical (unpaired) electrons. The zero-order chi connectivity index (χ0) is 18.1. The number of esters is 2. The van der Waals surface area contributed by atoms with Crippen LogP contribution in [0, 0.1) is 0 Å². The molecule has 2 aromatic rings. The summed E-state index contributed by atoms with van der Waals surface area (Å²) in [6.45, 7) is 3.52. The smallest absolute Gasteiger partial charge is 0.306 e. The van der Waals surface area contributed by atoms with Crippen LogP contribution in [0.5, 0.6) is 0 Å². The van der Waals surface area contributed by atoms with E-state index in [-0.39, 0.29) is 11.9 Å². The zero-order valence-corrected chi connectivity index (χ0v) is 14.7. The van der Waals surface area contributed by atoms with Gasteiger partial charge in [0.15, 0.2) is 0 Å². The summed E-state index contributed by atoms with van der Waals surface area (Å²) in [4.78, 5) is 23.7. The Hall–Kier alpha value is -2.62. The summed E-state index contributed by atoms with van der Waals surface area (Å²) < 4.78 is 11.2. The highest BCUT2D eigenvalue weighted by Crippen LogP contribution is 2.32. The predicted molar refractivity (Wildman–Crippen MR) is 95.7 cm³/mol. The molecule has 2 aromatic carbocycles. The van der Waals surface area contributed by atoms with Crippen LogP contribution in [0.4, 0.5) is 0 Å². The van der Waals surface area contributed by atoms with Crippen LogP contribution in [0.15, 0.2) is 60.7 Å². The van der Waals surface area contributed by atoms with Gasteiger partial charge in [0, 0.05) is 19.3 Å². The van der Waals surface area contributed by atoms with Crippen LogP contribution in [0.25, 0.3) is 0 Å². The van der Waals surface area contributed by atoms with Crippen molar-refractivity contribution in [3.63, 3.8) is 0 Å². The summed E-state index contributed by atoms with van der Waals surface area (Å²) in [5.41, 5.74) is 1.77. The molecular weight excluding hydrogens is 316 g/mol. The van der Waals surface area contributed by atoms with Gasteiger partial charge in [-0.2, -0.15) is 0 Å². The Kier molecular flexibility index (Phi) is 7.20. The molecule has 0 bridgehead atoms. The number of carbonyl (C=O) groups excluding carboxylic acids is 2. The first-order chi connectivity index (χ1) is 12.1. The fourth-order valence-electron chi connectivity index (χ4n) is 2.52. The Bertz CT molecular complexity index is 607. The van der Waals surface area contributed by atoms with Gasteiger partial charge < -0.3 is 9.47 Å². The van der Waals surface area contributed by atoms with Crippen LogP contribution in [-0.2, 0) is 19.1 Å². The van der Waals surface area contributed by atoms with Gasteiger partial charge in [-0.1, -0.05) is 74.5 Å². The number of ether oxygens (including phenoxy) is 2. The third kappa shape index (κ3) is 5.75. The molecule has 0 fully saturated rings. The zero-order valence-electron chi connectivity index (χ0n) is 14.7. The molecule has 25 heavy (non-hydrogen) atoms. The van der Waals surface area contributed by atoms with Gasteiger partial charge in [-0.3, -0.25) is 9.59 Å². The van der Waals surface area contributed by atoms with Crippen molar-refractivity contribution in [1.29, 1.82) is 0 Å². The molecule has 0 amide bonds. The summed E-state index contributed by atoms with van der Waals surface area (Å²) in [7, 11) is 0. The van der Waals surface area contributed by atoms with E-state index in [0.29, 0.717) is 19.3 Å². The lowest BCUT2D eigenvalue weighted by Gasteiger charge is -2.24. The standard InChI is InChI=1S/C21H24O4/c1-3-20(22)24-18(16-11-7-5-8-12-16)15-19(25-21(23)4-2)17-13-9-6-10-14-17/h5-14,18-19H,3-4,15H2,1-2H3. The largest absolute Gasteiger partial charge is 0.457 e. The van der Waals surface area contributed by atoms with E-state index in [0.717, 1.165) is 11.1 Å². The molecule has 0 N–H and O–H groups in total. The summed E-state index contributed by atoms with van der Waals surface area (Å²) in [5, 5.41) is 0. The van der Waals surface area contributed by atoms with Crippen molar-refractivity contribution in [2.24, 2.45) is 0 Å². The van der Waals surface area contributed by atoms with Gasteiger partial charge >= 0.3 is 11.9 Å². The number of carbonyl (C=O) groups is 2. The molecule has 132 valence electrons. The highest BCUT2D eigenvalue weighted by molar-refractivity contribution is 5.70.